The van der Waals surface area contributed by atoms with Crippen molar-refractivity contribution < 1.29 is 42.1 Å². The summed E-state index contributed by atoms with van der Waals surface area (Å²) in [7, 11) is 0. The number of benzene rings is 3. The van der Waals surface area contributed by atoms with Crippen molar-refractivity contribution in [2.45, 2.75) is 57.2 Å². The van der Waals surface area contributed by atoms with Gasteiger partial charge in [0.2, 0.25) is 0 Å². The Labute approximate surface area is 246 Å². The Morgan fingerprint density at radius 2 is 1.51 bits per heavy atom. The number of urea groups is 1. The van der Waals surface area contributed by atoms with Gasteiger partial charge in [0.05, 0.1) is 12.5 Å². The van der Waals surface area contributed by atoms with Crippen LogP contribution in [0.15, 0.2) is 78.9 Å². The number of nitrogens with zero attached hydrogens (tertiary/aromatic N) is 1. The van der Waals surface area contributed by atoms with Crippen molar-refractivity contribution in [2.24, 2.45) is 0 Å². The third-order valence-corrected chi connectivity index (χ3v) is 6.92. The van der Waals surface area contributed by atoms with Crippen molar-refractivity contribution >= 4 is 23.6 Å². The van der Waals surface area contributed by atoms with Crippen LogP contribution in [-0.2, 0) is 11.3 Å². The predicted molar refractivity (Wildman–Crippen MR) is 152 cm³/mol. The number of carbonyl (C=O) groups is 3. The first-order valence-corrected chi connectivity index (χ1v) is 13.8. The Morgan fingerprint density at radius 1 is 0.860 bits per heavy atom. The number of rotatable bonds is 11. The molecule has 0 spiro atoms. The molecule has 0 unspecified atom stereocenters. The SMILES string of the molecule is O=C(O)CCNC(=O)c1ccc(CN(C(=O)Nc2ccc(OC(F)(F)F)cc2)C2CCC(Oc3ccccc3)CC2)cc1. The molecule has 4 rings (SSSR count). The van der Waals surface area contributed by atoms with E-state index < -0.39 is 30.0 Å². The van der Waals surface area contributed by atoms with E-state index >= 15 is 0 Å². The molecule has 0 aromatic heterocycles. The molecule has 3 aromatic rings. The van der Waals surface area contributed by atoms with E-state index in [1.54, 1.807) is 29.2 Å². The third kappa shape index (κ3) is 9.94. The lowest BCUT2D eigenvalue weighted by atomic mass is 9.91. The molecule has 0 aliphatic heterocycles. The molecule has 3 aromatic carbocycles. The Morgan fingerprint density at radius 3 is 2.12 bits per heavy atom. The van der Waals surface area contributed by atoms with Crippen molar-refractivity contribution in [3.8, 4) is 11.5 Å². The van der Waals surface area contributed by atoms with Crippen LogP contribution >= 0.6 is 0 Å². The molecule has 43 heavy (non-hydrogen) atoms. The van der Waals surface area contributed by atoms with Crippen molar-refractivity contribution in [3.05, 3.63) is 90.0 Å². The number of alkyl halides is 3. The minimum atomic E-state index is -4.82. The van der Waals surface area contributed by atoms with E-state index in [4.69, 9.17) is 9.84 Å². The Balaban J connectivity index is 1.43. The minimum Gasteiger partial charge on any atom is -0.490 e. The second kappa shape index (κ2) is 14.4. The molecule has 0 heterocycles. The number of carbonyl (C=O) groups excluding carboxylic acids is 2. The lowest BCUT2D eigenvalue weighted by Gasteiger charge is -2.37. The molecule has 1 aliphatic rings. The van der Waals surface area contributed by atoms with Gasteiger partial charge in [0, 0.05) is 30.4 Å². The molecule has 1 aliphatic carbocycles. The molecular weight excluding hydrogens is 567 g/mol. The fraction of sp³-hybridized carbons (Fsp3) is 0.323. The molecule has 12 heteroatoms. The van der Waals surface area contributed by atoms with E-state index in [-0.39, 0.29) is 31.7 Å². The maximum Gasteiger partial charge on any atom is 0.573 e. The summed E-state index contributed by atoms with van der Waals surface area (Å²) in [5.74, 6) is -1.03. The lowest BCUT2D eigenvalue weighted by Crippen LogP contribution is -2.45. The first-order chi connectivity index (χ1) is 20.6. The number of hydrogen-bond donors (Lipinski definition) is 3. The average Bonchev–Trinajstić information content (AvgIpc) is 2.97. The van der Waals surface area contributed by atoms with E-state index in [0.29, 0.717) is 24.1 Å². The Bertz CT molecular complexity index is 1360. The summed E-state index contributed by atoms with van der Waals surface area (Å²) in [4.78, 5) is 38.2. The van der Waals surface area contributed by atoms with Crippen LogP contribution in [0.4, 0.5) is 23.7 Å². The van der Waals surface area contributed by atoms with E-state index in [1.807, 2.05) is 30.3 Å². The highest BCUT2D eigenvalue weighted by Gasteiger charge is 2.32. The molecule has 1 saturated carbocycles. The standard InChI is InChI=1S/C31H32F3N3O6/c32-31(33,34)43-27-14-10-23(11-15-27)36-30(41)37(24-12-16-26(17-13-24)42-25-4-2-1-3-5-25)20-21-6-8-22(9-7-21)29(40)35-19-18-28(38)39/h1-11,14-15,24,26H,12-13,16-20H2,(H,35,40)(H,36,41)(H,38,39). The summed E-state index contributed by atoms with van der Waals surface area (Å²) in [6.45, 7) is 0.223. The van der Waals surface area contributed by atoms with Crippen LogP contribution in [-0.4, -0.2) is 53.0 Å². The maximum atomic E-state index is 13.5. The lowest BCUT2D eigenvalue weighted by molar-refractivity contribution is -0.274. The minimum absolute atomic E-state index is 0.00339. The van der Waals surface area contributed by atoms with Gasteiger partial charge in [-0.25, -0.2) is 4.79 Å². The van der Waals surface area contributed by atoms with E-state index in [9.17, 15) is 27.6 Å². The molecule has 1 fully saturated rings. The molecule has 0 radical (unpaired) electrons. The van der Waals surface area contributed by atoms with Gasteiger partial charge in [0.15, 0.2) is 0 Å². The highest BCUT2D eigenvalue weighted by molar-refractivity contribution is 5.94. The normalized spacial score (nSPS) is 16.5. The van der Waals surface area contributed by atoms with Crippen molar-refractivity contribution in [1.29, 1.82) is 0 Å². The first-order valence-electron chi connectivity index (χ1n) is 13.8. The molecule has 0 atom stereocenters. The zero-order chi connectivity index (χ0) is 30.8. The third-order valence-electron chi connectivity index (χ3n) is 6.92. The molecule has 228 valence electrons. The Kier molecular flexibility index (Phi) is 10.5. The van der Waals surface area contributed by atoms with Crippen LogP contribution in [0.3, 0.4) is 0 Å². The summed E-state index contributed by atoms with van der Waals surface area (Å²) >= 11 is 0. The topological polar surface area (TPSA) is 117 Å². The van der Waals surface area contributed by atoms with Crippen LogP contribution in [0.25, 0.3) is 0 Å². The second-order valence-corrected chi connectivity index (χ2v) is 10.1. The van der Waals surface area contributed by atoms with Gasteiger partial charge in [-0.1, -0.05) is 30.3 Å². The largest absolute Gasteiger partial charge is 0.573 e. The number of carboxylic acids is 1. The number of ether oxygens (including phenoxy) is 2. The monoisotopic (exact) mass is 599 g/mol. The summed E-state index contributed by atoms with van der Waals surface area (Å²) in [6, 6.07) is 20.5. The van der Waals surface area contributed by atoms with Crippen LogP contribution in [0.5, 0.6) is 11.5 Å². The maximum absolute atomic E-state index is 13.5. The van der Waals surface area contributed by atoms with Crippen LogP contribution in [0.2, 0.25) is 0 Å². The summed E-state index contributed by atoms with van der Waals surface area (Å²) in [5, 5.41) is 14.1. The number of amides is 3. The molecule has 0 saturated heterocycles. The number of nitrogens with one attached hydrogen (secondary N) is 2. The number of anilines is 1. The van der Waals surface area contributed by atoms with Crippen molar-refractivity contribution in [2.75, 3.05) is 11.9 Å². The highest BCUT2D eigenvalue weighted by Crippen LogP contribution is 2.29. The number of carboxylic acid groups (broad SMARTS) is 1. The van der Waals surface area contributed by atoms with Gasteiger partial charge in [-0.15, -0.1) is 13.2 Å². The number of halogens is 3. The van der Waals surface area contributed by atoms with Gasteiger partial charge < -0.3 is 30.1 Å². The first kappa shape index (κ1) is 31.2. The van der Waals surface area contributed by atoms with E-state index in [1.165, 1.54) is 12.1 Å². The van der Waals surface area contributed by atoms with Gasteiger partial charge in [-0.3, -0.25) is 9.59 Å². The molecule has 3 amide bonds. The zero-order valence-corrected chi connectivity index (χ0v) is 23.2. The quantitative estimate of drug-likeness (QED) is 0.241. The highest BCUT2D eigenvalue weighted by atomic mass is 19.4. The molecular formula is C31H32F3N3O6. The van der Waals surface area contributed by atoms with Crippen LogP contribution < -0.4 is 20.1 Å². The van der Waals surface area contributed by atoms with Crippen molar-refractivity contribution in [1.82, 2.24) is 10.2 Å². The number of para-hydroxylation sites is 1. The van der Waals surface area contributed by atoms with Crippen LogP contribution in [0, 0.1) is 0 Å². The number of hydrogen-bond acceptors (Lipinski definition) is 5. The fourth-order valence-corrected chi connectivity index (χ4v) is 4.81. The van der Waals surface area contributed by atoms with Crippen molar-refractivity contribution in [3.63, 3.8) is 0 Å². The van der Waals surface area contributed by atoms with Gasteiger partial charge in [-0.05, 0) is 79.8 Å². The van der Waals surface area contributed by atoms with Gasteiger partial charge >= 0.3 is 18.4 Å². The second-order valence-electron chi connectivity index (χ2n) is 10.1. The van der Waals surface area contributed by atoms with E-state index in [0.717, 1.165) is 36.3 Å². The molecule has 0 bridgehead atoms. The summed E-state index contributed by atoms with van der Waals surface area (Å²) in [5.41, 5.74) is 1.41. The molecule has 3 N–H and O–H groups in total. The summed E-state index contributed by atoms with van der Waals surface area (Å²) < 4.78 is 47.6. The number of aliphatic carboxylic acids is 1. The fourth-order valence-electron chi connectivity index (χ4n) is 4.81. The van der Waals surface area contributed by atoms with Gasteiger partial charge in [0.1, 0.15) is 11.5 Å². The zero-order valence-electron chi connectivity index (χ0n) is 23.2. The smallest absolute Gasteiger partial charge is 0.490 e. The predicted octanol–water partition coefficient (Wildman–Crippen LogP) is 6.21. The Hall–Kier alpha value is -4.74. The van der Waals surface area contributed by atoms with E-state index in [2.05, 4.69) is 15.4 Å². The van der Waals surface area contributed by atoms with Gasteiger partial charge in [-0.2, -0.15) is 0 Å². The average molecular weight is 600 g/mol. The molecule has 9 nitrogen and oxygen atoms in total. The van der Waals surface area contributed by atoms with Gasteiger partial charge in [0.25, 0.3) is 5.91 Å². The van der Waals surface area contributed by atoms with Crippen LogP contribution in [0.1, 0.15) is 48.0 Å². The summed E-state index contributed by atoms with van der Waals surface area (Å²) in [6.07, 6.45) is -2.21.